The molecule has 1 aromatic rings. The van der Waals surface area contributed by atoms with Gasteiger partial charge in [-0.2, -0.15) is 0 Å². The molecule has 0 saturated heterocycles. The van der Waals surface area contributed by atoms with Crippen LogP contribution in [0.1, 0.15) is 17.2 Å². The molecule has 0 heterocycles. The van der Waals surface area contributed by atoms with E-state index in [1.54, 1.807) is 24.3 Å². The number of benzene rings is 1. The quantitative estimate of drug-likeness (QED) is 0.612. The monoisotopic (exact) mass is 225 g/mol. The van der Waals surface area contributed by atoms with Crippen LogP contribution < -0.4 is 5.73 Å². The van der Waals surface area contributed by atoms with E-state index < -0.39 is 18.2 Å². The molecule has 0 aliphatic carbocycles. The minimum Gasteiger partial charge on any atom is -0.467 e. The summed E-state index contributed by atoms with van der Waals surface area (Å²) < 4.78 is 4.34. The van der Waals surface area contributed by atoms with Gasteiger partial charge in [0.05, 0.1) is 7.11 Å². The van der Waals surface area contributed by atoms with E-state index in [4.69, 9.17) is 5.73 Å². The molecule has 2 unspecified atom stereocenters. The number of hydrogen-bond donors (Lipinski definition) is 3. The highest BCUT2D eigenvalue weighted by atomic mass is 16.5. The Balaban J connectivity index is 2.86. The number of carbonyl (C=O) groups is 1. The maximum Gasteiger partial charge on any atom is 0.337 e. The van der Waals surface area contributed by atoms with Gasteiger partial charge in [-0.25, -0.2) is 4.79 Å². The molecule has 0 amide bonds. The van der Waals surface area contributed by atoms with E-state index in [9.17, 15) is 15.0 Å². The summed E-state index contributed by atoms with van der Waals surface area (Å²) in [6, 6.07) is 6.73. The summed E-state index contributed by atoms with van der Waals surface area (Å²) >= 11 is 0. The van der Waals surface area contributed by atoms with E-state index in [-0.39, 0.29) is 0 Å². The molecule has 1 rings (SSSR count). The molecule has 2 atom stereocenters. The van der Waals surface area contributed by atoms with Crippen LogP contribution in [0.2, 0.25) is 0 Å². The third-order valence-electron chi connectivity index (χ3n) is 2.27. The van der Waals surface area contributed by atoms with Crippen LogP contribution in [0.5, 0.6) is 0 Å². The Morgan fingerprint density at radius 2 is 2.19 bits per heavy atom. The predicted octanol–water partition coefficient (Wildman–Crippen LogP) is -0.287. The number of methoxy groups -OCH3 is 1. The molecule has 88 valence electrons. The van der Waals surface area contributed by atoms with Crippen molar-refractivity contribution in [3.63, 3.8) is 0 Å². The van der Waals surface area contributed by atoms with Crippen molar-refractivity contribution in [2.24, 2.45) is 5.73 Å². The van der Waals surface area contributed by atoms with Gasteiger partial charge in [-0.05, 0) is 11.1 Å². The van der Waals surface area contributed by atoms with Gasteiger partial charge in [-0.15, -0.1) is 0 Å². The molecular formula is C11H15NO4. The Kier molecular flexibility index (Phi) is 4.42. The van der Waals surface area contributed by atoms with Crippen LogP contribution in [0, 0.1) is 0 Å². The summed E-state index contributed by atoms with van der Waals surface area (Å²) in [5.41, 5.74) is 6.69. The third kappa shape index (κ3) is 2.79. The minimum absolute atomic E-state index is 0.328. The van der Waals surface area contributed by atoms with Gasteiger partial charge in [0.2, 0.25) is 0 Å². The second kappa shape index (κ2) is 5.60. The highest BCUT2D eigenvalue weighted by molar-refractivity contribution is 5.75. The summed E-state index contributed by atoms with van der Waals surface area (Å²) in [7, 11) is 1.15. The fourth-order valence-electron chi connectivity index (χ4n) is 1.34. The number of rotatable bonds is 4. The van der Waals surface area contributed by atoms with Crippen LogP contribution in [0.15, 0.2) is 24.3 Å². The van der Waals surface area contributed by atoms with E-state index in [0.717, 1.165) is 12.7 Å². The molecule has 4 N–H and O–H groups in total. The van der Waals surface area contributed by atoms with E-state index in [0.29, 0.717) is 12.1 Å². The molecule has 5 nitrogen and oxygen atoms in total. The number of ether oxygens (including phenoxy) is 1. The van der Waals surface area contributed by atoms with Gasteiger partial charge in [-0.3, -0.25) is 0 Å². The zero-order valence-corrected chi connectivity index (χ0v) is 8.96. The normalized spacial score (nSPS) is 14.2. The lowest BCUT2D eigenvalue weighted by molar-refractivity contribution is -0.156. The van der Waals surface area contributed by atoms with Crippen molar-refractivity contribution in [2.45, 2.75) is 18.8 Å². The van der Waals surface area contributed by atoms with Gasteiger partial charge in [-0.1, -0.05) is 24.3 Å². The fourth-order valence-corrected chi connectivity index (χ4v) is 1.34. The first kappa shape index (κ1) is 12.6. The zero-order valence-electron chi connectivity index (χ0n) is 8.96. The Morgan fingerprint density at radius 1 is 1.50 bits per heavy atom. The molecule has 0 bridgehead atoms. The van der Waals surface area contributed by atoms with Crippen LogP contribution in [-0.4, -0.2) is 29.4 Å². The molecule has 5 heteroatoms. The van der Waals surface area contributed by atoms with Crippen LogP contribution in [0.25, 0.3) is 0 Å². The largest absolute Gasteiger partial charge is 0.467 e. The number of nitrogens with two attached hydrogens (primary N) is 1. The Morgan fingerprint density at radius 3 is 2.75 bits per heavy atom. The SMILES string of the molecule is COC(=O)C(O)C(O)c1cccc(CN)c1. The summed E-state index contributed by atoms with van der Waals surface area (Å²) in [5, 5.41) is 19.2. The van der Waals surface area contributed by atoms with Gasteiger partial charge in [0.25, 0.3) is 0 Å². The van der Waals surface area contributed by atoms with E-state index in [1.807, 2.05) is 0 Å². The van der Waals surface area contributed by atoms with Crippen molar-refractivity contribution in [1.29, 1.82) is 0 Å². The molecule has 0 saturated carbocycles. The van der Waals surface area contributed by atoms with Crippen molar-refractivity contribution in [1.82, 2.24) is 0 Å². The van der Waals surface area contributed by atoms with Crippen LogP contribution in [0.3, 0.4) is 0 Å². The lowest BCUT2D eigenvalue weighted by Crippen LogP contribution is -2.29. The van der Waals surface area contributed by atoms with Crippen molar-refractivity contribution >= 4 is 5.97 Å². The molecule has 0 aromatic heterocycles. The number of aliphatic hydroxyl groups is 2. The molecule has 1 aromatic carbocycles. The van der Waals surface area contributed by atoms with Gasteiger partial charge >= 0.3 is 5.97 Å². The summed E-state index contributed by atoms with van der Waals surface area (Å²) in [6.45, 7) is 0.328. The van der Waals surface area contributed by atoms with E-state index in [1.165, 1.54) is 0 Å². The topological polar surface area (TPSA) is 92.8 Å². The molecule has 0 spiro atoms. The first-order valence-corrected chi connectivity index (χ1v) is 4.83. The minimum atomic E-state index is -1.59. The van der Waals surface area contributed by atoms with E-state index in [2.05, 4.69) is 4.74 Å². The molecule has 0 aliphatic heterocycles. The van der Waals surface area contributed by atoms with Crippen molar-refractivity contribution in [2.75, 3.05) is 7.11 Å². The van der Waals surface area contributed by atoms with E-state index >= 15 is 0 Å². The van der Waals surface area contributed by atoms with Crippen molar-refractivity contribution in [3.05, 3.63) is 35.4 Å². The highest BCUT2D eigenvalue weighted by Crippen LogP contribution is 2.18. The Labute approximate surface area is 93.5 Å². The Hall–Kier alpha value is -1.43. The third-order valence-corrected chi connectivity index (χ3v) is 2.27. The molecule has 16 heavy (non-hydrogen) atoms. The van der Waals surface area contributed by atoms with Crippen molar-refractivity contribution < 1.29 is 19.7 Å². The van der Waals surface area contributed by atoms with Gasteiger partial charge < -0.3 is 20.7 Å². The first-order chi connectivity index (χ1) is 7.60. The maximum atomic E-state index is 11.0. The first-order valence-electron chi connectivity index (χ1n) is 4.83. The van der Waals surface area contributed by atoms with Crippen LogP contribution in [0.4, 0.5) is 0 Å². The molecule has 0 aliphatic rings. The second-order valence-corrected chi connectivity index (χ2v) is 3.36. The molecule has 0 radical (unpaired) electrons. The maximum absolute atomic E-state index is 11.0. The molecule has 0 fully saturated rings. The number of hydrogen-bond acceptors (Lipinski definition) is 5. The average molecular weight is 225 g/mol. The number of carbonyl (C=O) groups excluding carboxylic acids is 1. The standard InChI is InChI=1S/C11H15NO4/c1-16-11(15)10(14)9(13)8-4-2-3-7(5-8)6-12/h2-5,9-10,13-14H,6,12H2,1H3. The Bertz CT molecular complexity index is 367. The average Bonchev–Trinajstić information content (AvgIpc) is 2.36. The predicted molar refractivity (Wildman–Crippen MR) is 57.3 cm³/mol. The smallest absolute Gasteiger partial charge is 0.337 e. The summed E-state index contributed by atoms with van der Waals surface area (Å²) in [5.74, 6) is -0.870. The number of aliphatic hydroxyl groups excluding tert-OH is 2. The van der Waals surface area contributed by atoms with Gasteiger partial charge in [0.15, 0.2) is 6.10 Å². The second-order valence-electron chi connectivity index (χ2n) is 3.36. The van der Waals surface area contributed by atoms with Crippen LogP contribution in [-0.2, 0) is 16.1 Å². The zero-order chi connectivity index (χ0) is 12.1. The molecular weight excluding hydrogens is 210 g/mol. The fraction of sp³-hybridized carbons (Fsp3) is 0.364. The number of esters is 1. The highest BCUT2D eigenvalue weighted by Gasteiger charge is 2.26. The van der Waals surface area contributed by atoms with Gasteiger partial charge in [0, 0.05) is 6.54 Å². The van der Waals surface area contributed by atoms with Crippen molar-refractivity contribution in [3.8, 4) is 0 Å². The lowest BCUT2D eigenvalue weighted by Gasteiger charge is -2.16. The lowest BCUT2D eigenvalue weighted by atomic mass is 10.0. The summed E-state index contributed by atoms with van der Waals surface area (Å²) in [6.07, 6.45) is -2.89. The van der Waals surface area contributed by atoms with Crippen LogP contribution >= 0.6 is 0 Å². The van der Waals surface area contributed by atoms with Gasteiger partial charge in [0.1, 0.15) is 6.10 Å². The summed E-state index contributed by atoms with van der Waals surface area (Å²) in [4.78, 5) is 11.0.